The molecule has 3 nitrogen and oxygen atoms in total. The van der Waals surface area contributed by atoms with E-state index in [0.717, 1.165) is 44.0 Å². The van der Waals surface area contributed by atoms with E-state index in [-0.39, 0.29) is 0 Å². The molecule has 3 unspecified atom stereocenters. The summed E-state index contributed by atoms with van der Waals surface area (Å²) in [4.78, 5) is 2.56. The summed E-state index contributed by atoms with van der Waals surface area (Å²) < 4.78 is 5.24. The molecular weight excluding hydrogens is 248 g/mol. The molecule has 0 aromatic heterocycles. The highest BCUT2D eigenvalue weighted by atomic mass is 16.5. The Balaban J connectivity index is 2.57. The maximum absolute atomic E-state index is 5.24. The third-order valence-electron chi connectivity index (χ3n) is 4.98. The lowest BCUT2D eigenvalue weighted by molar-refractivity contribution is 0.101. The van der Waals surface area contributed by atoms with Gasteiger partial charge < -0.3 is 15.0 Å². The van der Waals surface area contributed by atoms with Crippen molar-refractivity contribution in [1.29, 1.82) is 0 Å². The number of methoxy groups -OCH3 is 1. The van der Waals surface area contributed by atoms with E-state index in [1.165, 1.54) is 25.8 Å². The molecule has 3 atom stereocenters. The first-order valence-electron chi connectivity index (χ1n) is 8.56. The number of rotatable bonds is 9. The van der Waals surface area contributed by atoms with Gasteiger partial charge in [-0.3, -0.25) is 0 Å². The number of likely N-dealkylation sites (N-methyl/N-ethyl adjacent to an activating group) is 1. The molecule has 0 saturated heterocycles. The van der Waals surface area contributed by atoms with Crippen LogP contribution in [0.2, 0.25) is 0 Å². The highest BCUT2D eigenvalue weighted by molar-refractivity contribution is 4.87. The molecule has 0 aromatic rings. The second kappa shape index (κ2) is 9.75. The van der Waals surface area contributed by atoms with Crippen LogP contribution in [-0.2, 0) is 4.74 Å². The van der Waals surface area contributed by atoms with Gasteiger partial charge in [-0.1, -0.05) is 27.7 Å². The molecule has 0 aromatic carbocycles. The van der Waals surface area contributed by atoms with Crippen LogP contribution in [0.25, 0.3) is 0 Å². The lowest BCUT2D eigenvalue weighted by Crippen LogP contribution is -2.47. The van der Waals surface area contributed by atoms with Gasteiger partial charge in [0.2, 0.25) is 0 Å². The molecule has 0 heterocycles. The molecule has 0 radical (unpaired) electrons. The molecule has 0 bridgehead atoms. The molecule has 1 rings (SSSR count). The van der Waals surface area contributed by atoms with Crippen LogP contribution in [-0.4, -0.2) is 50.8 Å². The fourth-order valence-corrected chi connectivity index (χ4v) is 3.57. The van der Waals surface area contributed by atoms with Crippen molar-refractivity contribution in [2.75, 3.05) is 39.9 Å². The Morgan fingerprint density at radius 1 is 1.25 bits per heavy atom. The zero-order valence-electron chi connectivity index (χ0n) is 14.3. The van der Waals surface area contributed by atoms with Crippen molar-refractivity contribution in [3.8, 4) is 0 Å². The van der Waals surface area contributed by atoms with Crippen LogP contribution in [0.4, 0.5) is 0 Å². The molecule has 120 valence electrons. The van der Waals surface area contributed by atoms with E-state index in [0.29, 0.717) is 6.04 Å². The van der Waals surface area contributed by atoms with Crippen LogP contribution in [0.5, 0.6) is 0 Å². The van der Waals surface area contributed by atoms with Crippen LogP contribution in [0, 0.1) is 17.8 Å². The average Bonchev–Trinajstić information content (AvgIpc) is 2.44. The Morgan fingerprint density at radius 3 is 2.55 bits per heavy atom. The molecule has 1 N–H and O–H groups in total. The first-order valence-corrected chi connectivity index (χ1v) is 8.56. The van der Waals surface area contributed by atoms with Crippen molar-refractivity contribution in [3.63, 3.8) is 0 Å². The fourth-order valence-electron chi connectivity index (χ4n) is 3.57. The Labute approximate surface area is 126 Å². The SMILES string of the molecule is CCNC1CCC(C(C)C)CC1CN(CC)CCOC. The molecular formula is C17H36N2O. The minimum atomic E-state index is 0.714. The number of hydrogen-bond donors (Lipinski definition) is 1. The zero-order valence-corrected chi connectivity index (χ0v) is 14.3. The molecule has 20 heavy (non-hydrogen) atoms. The van der Waals surface area contributed by atoms with Crippen LogP contribution in [0.15, 0.2) is 0 Å². The van der Waals surface area contributed by atoms with Crippen LogP contribution in [0.1, 0.15) is 47.0 Å². The highest BCUT2D eigenvalue weighted by Gasteiger charge is 2.32. The molecule has 1 saturated carbocycles. The van der Waals surface area contributed by atoms with Gasteiger partial charge in [-0.25, -0.2) is 0 Å². The van der Waals surface area contributed by atoms with Crippen molar-refractivity contribution in [3.05, 3.63) is 0 Å². The third-order valence-corrected chi connectivity index (χ3v) is 4.98. The van der Waals surface area contributed by atoms with E-state index in [1.54, 1.807) is 7.11 Å². The van der Waals surface area contributed by atoms with Gasteiger partial charge in [0.25, 0.3) is 0 Å². The number of ether oxygens (including phenoxy) is 1. The standard InChI is InChI=1S/C17H36N2O/c1-6-18-17-9-8-15(14(3)4)12-16(17)13-19(7-2)10-11-20-5/h14-18H,6-13H2,1-5H3. The second-order valence-electron chi connectivity index (χ2n) is 6.63. The molecule has 3 heteroatoms. The van der Waals surface area contributed by atoms with E-state index >= 15 is 0 Å². The molecule has 0 aliphatic heterocycles. The number of hydrogen-bond acceptors (Lipinski definition) is 3. The molecule has 0 amide bonds. The topological polar surface area (TPSA) is 24.5 Å². The highest BCUT2D eigenvalue weighted by Crippen LogP contribution is 2.34. The van der Waals surface area contributed by atoms with E-state index in [9.17, 15) is 0 Å². The monoisotopic (exact) mass is 284 g/mol. The Morgan fingerprint density at radius 2 is 2.00 bits per heavy atom. The van der Waals surface area contributed by atoms with E-state index in [2.05, 4.69) is 37.9 Å². The smallest absolute Gasteiger partial charge is 0.0589 e. The normalized spacial score (nSPS) is 27.4. The molecule has 1 aliphatic carbocycles. The average molecular weight is 284 g/mol. The van der Waals surface area contributed by atoms with E-state index in [4.69, 9.17) is 4.74 Å². The first kappa shape index (κ1) is 17.9. The van der Waals surface area contributed by atoms with Crippen molar-refractivity contribution in [2.45, 2.75) is 53.0 Å². The summed E-state index contributed by atoms with van der Waals surface area (Å²) in [7, 11) is 1.80. The summed E-state index contributed by atoms with van der Waals surface area (Å²) in [5, 5.41) is 3.72. The van der Waals surface area contributed by atoms with Crippen molar-refractivity contribution in [2.24, 2.45) is 17.8 Å². The predicted octanol–water partition coefficient (Wildman–Crippen LogP) is 3.01. The molecule has 0 spiro atoms. The summed E-state index contributed by atoms with van der Waals surface area (Å²) in [6, 6.07) is 0.714. The van der Waals surface area contributed by atoms with Crippen LogP contribution < -0.4 is 5.32 Å². The Kier molecular flexibility index (Phi) is 8.74. The number of nitrogens with one attached hydrogen (secondary N) is 1. The lowest BCUT2D eigenvalue weighted by atomic mass is 9.73. The van der Waals surface area contributed by atoms with Gasteiger partial charge in [0.1, 0.15) is 0 Å². The van der Waals surface area contributed by atoms with Crippen molar-refractivity contribution < 1.29 is 4.74 Å². The third kappa shape index (κ3) is 5.71. The van der Waals surface area contributed by atoms with Gasteiger partial charge in [0, 0.05) is 26.2 Å². The lowest BCUT2D eigenvalue weighted by Gasteiger charge is -2.40. The quantitative estimate of drug-likeness (QED) is 0.704. The summed E-state index contributed by atoms with van der Waals surface area (Å²) in [6.07, 6.45) is 4.14. The molecule has 1 aliphatic rings. The fraction of sp³-hybridized carbons (Fsp3) is 1.00. The Bertz CT molecular complexity index is 245. The van der Waals surface area contributed by atoms with Gasteiger partial charge in [0.05, 0.1) is 6.61 Å². The van der Waals surface area contributed by atoms with E-state index < -0.39 is 0 Å². The molecule has 1 fully saturated rings. The van der Waals surface area contributed by atoms with Gasteiger partial charge in [0.15, 0.2) is 0 Å². The summed E-state index contributed by atoms with van der Waals surface area (Å²) in [5.41, 5.74) is 0. The van der Waals surface area contributed by atoms with Crippen molar-refractivity contribution >= 4 is 0 Å². The van der Waals surface area contributed by atoms with Crippen molar-refractivity contribution in [1.82, 2.24) is 10.2 Å². The predicted molar refractivity (Wildman–Crippen MR) is 87.1 cm³/mol. The van der Waals surface area contributed by atoms with Gasteiger partial charge >= 0.3 is 0 Å². The maximum atomic E-state index is 5.24. The number of nitrogens with zero attached hydrogens (tertiary/aromatic N) is 1. The largest absolute Gasteiger partial charge is 0.383 e. The summed E-state index contributed by atoms with van der Waals surface area (Å²) in [6.45, 7) is 14.6. The van der Waals surface area contributed by atoms with Crippen LogP contribution in [0.3, 0.4) is 0 Å². The van der Waals surface area contributed by atoms with Gasteiger partial charge in [-0.2, -0.15) is 0 Å². The van der Waals surface area contributed by atoms with Gasteiger partial charge in [-0.05, 0) is 50.1 Å². The zero-order chi connectivity index (χ0) is 15.0. The van der Waals surface area contributed by atoms with E-state index in [1.807, 2.05) is 0 Å². The summed E-state index contributed by atoms with van der Waals surface area (Å²) >= 11 is 0. The van der Waals surface area contributed by atoms with Gasteiger partial charge in [-0.15, -0.1) is 0 Å². The first-order chi connectivity index (χ1) is 9.62. The minimum absolute atomic E-state index is 0.714. The second-order valence-corrected chi connectivity index (χ2v) is 6.63. The minimum Gasteiger partial charge on any atom is -0.383 e. The Hall–Kier alpha value is -0.120. The summed E-state index contributed by atoms with van der Waals surface area (Å²) in [5.74, 6) is 2.54. The van der Waals surface area contributed by atoms with Crippen LogP contribution >= 0.6 is 0 Å². The maximum Gasteiger partial charge on any atom is 0.0589 e.